The van der Waals surface area contributed by atoms with Gasteiger partial charge in [0.15, 0.2) is 0 Å². The second-order valence-electron chi connectivity index (χ2n) is 1.35. The Labute approximate surface area is 66.4 Å². The number of rotatable bonds is 3. The van der Waals surface area contributed by atoms with Crippen molar-refractivity contribution in [2.45, 2.75) is 42.0 Å². The maximum absolute atomic E-state index is 2.22. The number of hydrogen-bond acceptors (Lipinski definition) is 1. The molecule has 0 aliphatic carbocycles. The molecule has 0 aromatic carbocycles. The van der Waals surface area contributed by atoms with Crippen molar-refractivity contribution in [1.29, 1.82) is 0 Å². The van der Waals surface area contributed by atoms with Gasteiger partial charge in [-0.3, -0.25) is 0 Å². The van der Waals surface area contributed by atoms with E-state index in [2.05, 4.69) is 13.2 Å². The predicted molar refractivity (Wildman–Crippen MR) is 53.5 cm³/mol. The fourth-order valence-corrected chi connectivity index (χ4v) is 0.866. The SMILES string of the molecule is C.C.C.CCCCSC. The third-order valence-electron chi connectivity index (χ3n) is 0.702. The Morgan fingerprint density at radius 1 is 1.11 bits per heavy atom. The molecule has 0 heterocycles. The normalized spacial score (nSPS) is 6.00. The first kappa shape index (κ1) is 22.8. The summed E-state index contributed by atoms with van der Waals surface area (Å²) >= 11 is 1.93. The standard InChI is InChI=1S/C5H12S.3CH4/c1-3-4-5-6-2;;;/h3-5H2,1-2H3;3*1H4. The Kier molecular flexibility index (Phi) is 60.3. The molecule has 0 aromatic heterocycles. The summed E-state index contributed by atoms with van der Waals surface area (Å²) in [6, 6.07) is 0. The van der Waals surface area contributed by atoms with Crippen LogP contribution in [0.1, 0.15) is 42.0 Å². The van der Waals surface area contributed by atoms with Gasteiger partial charge in [0.25, 0.3) is 0 Å². The second-order valence-corrected chi connectivity index (χ2v) is 2.33. The van der Waals surface area contributed by atoms with Gasteiger partial charge in [0.2, 0.25) is 0 Å². The highest BCUT2D eigenvalue weighted by molar-refractivity contribution is 7.98. The van der Waals surface area contributed by atoms with Crippen LogP contribution in [0.15, 0.2) is 0 Å². The van der Waals surface area contributed by atoms with Crippen LogP contribution in [-0.2, 0) is 0 Å². The van der Waals surface area contributed by atoms with Gasteiger partial charge in [0, 0.05) is 0 Å². The van der Waals surface area contributed by atoms with Crippen molar-refractivity contribution < 1.29 is 0 Å². The van der Waals surface area contributed by atoms with Gasteiger partial charge in [-0.05, 0) is 18.4 Å². The molecule has 0 unspecified atom stereocenters. The van der Waals surface area contributed by atoms with Crippen molar-refractivity contribution in [3.05, 3.63) is 0 Å². The summed E-state index contributed by atoms with van der Waals surface area (Å²) < 4.78 is 0. The minimum Gasteiger partial charge on any atom is -0.165 e. The summed E-state index contributed by atoms with van der Waals surface area (Å²) in [6.45, 7) is 2.22. The number of hydrogen-bond donors (Lipinski definition) is 0. The van der Waals surface area contributed by atoms with Gasteiger partial charge in [0.05, 0.1) is 0 Å². The van der Waals surface area contributed by atoms with Crippen LogP contribution in [0.5, 0.6) is 0 Å². The van der Waals surface area contributed by atoms with E-state index in [1.165, 1.54) is 18.6 Å². The quantitative estimate of drug-likeness (QED) is 0.550. The lowest BCUT2D eigenvalue weighted by Crippen LogP contribution is -1.71. The van der Waals surface area contributed by atoms with Gasteiger partial charge < -0.3 is 0 Å². The molecule has 0 nitrogen and oxygen atoms in total. The molecule has 0 saturated carbocycles. The average Bonchev–Trinajstić information content (AvgIpc) is 1.61. The van der Waals surface area contributed by atoms with Gasteiger partial charge in [-0.2, -0.15) is 11.8 Å². The van der Waals surface area contributed by atoms with Crippen LogP contribution in [0.25, 0.3) is 0 Å². The summed E-state index contributed by atoms with van der Waals surface area (Å²) in [5.41, 5.74) is 0. The van der Waals surface area contributed by atoms with E-state index in [0.29, 0.717) is 0 Å². The van der Waals surface area contributed by atoms with Gasteiger partial charge in [0.1, 0.15) is 0 Å². The molecule has 9 heavy (non-hydrogen) atoms. The van der Waals surface area contributed by atoms with Crippen molar-refractivity contribution in [3.8, 4) is 0 Å². The highest BCUT2D eigenvalue weighted by Gasteiger charge is 1.75. The first-order chi connectivity index (χ1) is 2.91. The molecule has 0 atom stereocenters. The van der Waals surface area contributed by atoms with Gasteiger partial charge in [-0.25, -0.2) is 0 Å². The second kappa shape index (κ2) is 23.8. The van der Waals surface area contributed by atoms with Gasteiger partial charge in [-0.15, -0.1) is 0 Å². The van der Waals surface area contributed by atoms with Crippen LogP contribution in [-0.4, -0.2) is 12.0 Å². The minimum atomic E-state index is 0. The molecular weight excluding hydrogens is 128 g/mol. The monoisotopic (exact) mass is 152 g/mol. The lowest BCUT2D eigenvalue weighted by Gasteiger charge is -1.86. The van der Waals surface area contributed by atoms with Crippen molar-refractivity contribution in [1.82, 2.24) is 0 Å². The highest BCUT2D eigenvalue weighted by atomic mass is 32.2. The molecule has 1 heteroatoms. The van der Waals surface area contributed by atoms with Crippen molar-refractivity contribution in [2.24, 2.45) is 0 Å². The minimum absolute atomic E-state index is 0. The number of unbranched alkanes of at least 4 members (excludes halogenated alkanes) is 1. The summed E-state index contributed by atoms with van der Waals surface area (Å²) in [6.07, 6.45) is 4.86. The maximum Gasteiger partial charge on any atom is -0.00704 e. The van der Waals surface area contributed by atoms with E-state index in [4.69, 9.17) is 0 Å². The number of thioether (sulfide) groups is 1. The van der Waals surface area contributed by atoms with E-state index in [1.807, 2.05) is 11.8 Å². The Balaban J connectivity index is -0.0000000417. The molecule has 0 aliphatic rings. The van der Waals surface area contributed by atoms with Crippen LogP contribution >= 0.6 is 11.8 Å². The van der Waals surface area contributed by atoms with Crippen LogP contribution < -0.4 is 0 Å². The molecule has 0 aromatic rings. The fraction of sp³-hybridized carbons (Fsp3) is 1.00. The Hall–Kier alpha value is 0.350. The largest absolute Gasteiger partial charge is 0.165 e. The highest BCUT2D eigenvalue weighted by Crippen LogP contribution is 1.96. The molecule has 0 radical (unpaired) electrons. The smallest absolute Gasteiger partial charge is 0.00704 e. The Bertz CT molecular complexity index is 16.5. The fourth-order valence-electron chi connectivity index (χ4n) is 0.289. The molecule has 0 amide bonds. The topological polar surface area (TPSA) is 0 Å². The molecule has 0 fully saturated rings. The van der Waals surface area contributed by atoms with Crippen LogP contribution in [0.3, 0.4) is 0 Å². The molecule has 0 bridgehead atoms. The zero-order valence-electron chi connectivity index (χ0n) is 4.53. The first-order valence-corrected chi connectivity index (χ1v) is 3.80. The predicted octanol–water partition coefficient (Wildman–Crippen LogP) is 4.06. The zero-order valence-corrected chi connectivity index (χ0v) is 5.35. The van der Waals surface area contributed by atoms with E-state index >= 15 is 0 Å². The van der Waals surface area contributed by atoms with Crippen LogP contribution in [0.4, 0.5) is 0 Å². The van der Waals surface area contributed by atoms with Crippen molar-refractivity contribution in [2.75, 3.05) is 12.0 Å². The van der Waals surface area contributed by atoms with Crippen molar-refractivity contribution in [3.63, 3.8) is 0 Å². The van der Waals surface area contributed by atoms with Crippen molar-refractivity contribution >= 4 is 11.8 Å². The van der Waals surface area contributed by atoms with Crippen LogP contribution in [0, 0.1) is 0 Å². The molecular formula is C8H24S. The molecule has 0 rings (SSSR count). The van der Waals surface area contributed by atoms with E-state index in [0.717, 1.165) is 0 Å². The van der Waals surface area contributed by atoms with Gasteiger partial charge in [-0.1, -0.05) is 35.6 Å². The van der Waals surface area contributed by atoms with Crippen LogP contribution in [0.2, 0.25) is 0 Å². The lowest BCUT2D eigenvalue weighted by molar-refractivity contribution is 0.897. The zero-order chi connectivity index (χ0) is 4.83. The third kappa shape index (κ3) is 30.0. The Morgan fingerprint density at radius 2 is 1.56 bits per heavy atom. The maximum atomic E-state index is 2.22. The lowest BCUT2D eigenvalue weighted by atomic mass is 10.4. The van der Waals surface area contributed by atoms with Gasteiger partial charge >= 0.3 is 0 Å². The third-order valence-corrected chi connectivity index (χ3v) is 1.40. The molecule has 0 aliphatic heterocycles. The van der Waals surface area contributed by atoms with E-state index in [-0.39, 0.29) is 22.3 Å². The summed E-state index contributed by atoms with van der Waals surface area (Å²) in [5.74, 6) is 1.33. The van der Waals surface area contributed by atoms with E-state index in [1.54, 1.807) is 0 Å². The summed E-state index contributed by atoms with van der Waals surface area (Å²) in [7, 11) is 0. The van der Waals surface area contributed by atoms with E-state index in [9.17, 15) is 0 Å². The molecule has 62 valence electrons. The summed E-state index contributed by atoms with van der Waals surface area (Å²) in [5, 5.41) is 0. The molecule has 0 N–H and O–H groups in total. The molecule has 0 saturated heterocycles. The summed E-state index contributed by atoms with van der Waals surface area (Å²) in [4.78, 5) is 0. The first-order valence-electron chi connectivity index (χ1n) is 2.40. The van der Waals surface area contributed by atoms with E-state index < -0.39 is 0 Å². The molecule has 0 spiro atoms. The average molecular weight is 152 g/mol. The Morgan fingerprint density at radius 3 is 1.67 bits per heavy atom.